The molecule has 16 heavy (non-hydrogen) atoms. The van der Waals surface area contributed by atoms with Gasteiger partial charge in [-0.05, 0) is 41.0 Å². The lowest BCUT2D eigenvalue weighted by Gasteiger charge is -2.35. The largest absolute Gasteiger partial charge is 0.360 e. The number of nitrogens with zero attached hydrogens (tertiary/aromatic N) is 1. The number of carbonyl (C=O) groups excluding carboxylic acids is 1. The summed E-state index contributed by atoms with van der Waals surface area (Å²) in [6.07, 6.45) is 0.656. The lowest BCUT2D eigenvalue weighted by atomic mass is 10.1. The molecule has 0 saturated heterocycles. The van der Waals surface area contributed by atoms with Crippen LogP contribution >= 0.6 is 15.9 Å². The van der Waals surface area contributed by atoms with E-state index < -0.39 is 0 Å². The topological polar surface area (TPSA) is 58.4 Å². The molecule has 1 unspecified atom stereocenters. The fraction of sp³-hybridized carbons (Fsp3) is 0.364. The highest BCUT2D eigenvalue weighted by molar-refractivity contribution is 9.10. The summed E-state index contributed by atoms with van der Waals surface area (Å²) in [7, 11) is 1.92. The number of rotatable bonds is 2. The molecule has 0 fully saturated rings. The van der Waals surface area contributed by atoms with Gasteiger partial charge in [-0.1, -0.05) is 6.07 Å². The molecule has 0 aromatic heterocycles. The molecule has 3 N–H and O–H groups in total. The second-order valence-corrected chi connectivity index (χ2v) is 4.68. The molecule has 0 aliphatic carbocycles. The number of anilines is 2. The van der Waals surface area contributed by atoms with E-state index in [1.807, 2.05) is 30.1 Å². The van der Waals surface area contributed by atoms with E-state index in [2.05, 4.69) is 21.2 Å². The maximum Gasteiger partial charge on any atom is 0.247 e. The maximum atomic E-state index is 11.8. The lowest BCUT2D eigenvalue weighted by Crippen LogP contribution is -2.47. The van der Waals surface area contributed by atoms with Crippen molar-refractivity contribution in [2.24, 2.45) is 5.73 Å². The van der Waals surface area contributed by atoms with Gasteiger partial charge in [-0.2, -0.15) is 0 Å². The van der Waals surface area contributed by atoms with Crippen LogP contribution in [0, 0.1) is 0 Å². The Morgan fingerprint density at radius 3 is 3.00 bits per heavy atom. The van der Waals surface area contributed by atoms with Gasteiger partial charge < -0.3 is 16.0 Å². The molecule has 4 nitrogen and oxygen atoms in total. The number of fused-ring (bicyclic) bond motifs is 1. The van der Waals surface area contributed by atoms with Gasteiger partial charge >= 0.3 is 0 Å². The predicted octanol–water partition coefficient (Wildman–Crippen LogP) is 1.55. The first kappa shape index (κ1) is 11.4. The average molecular weight is 284 g/mol. The van der Waals surface area contributed by atoms with E-state index in [-0.39, 0.29) is 11.9 Å². The minimum absolute atomic E-state index is 0.0125. The van der Waals surface area contributed by atoms with Gasteiger partial charge in [0.15, 0.2) is 0 Å². The molecule has 5 heteroatoms. The Morgan fingerprint density at radius 1 is 1.56 bits per heavy atom. The number of nitrogens with two attached hydrogens (primary N) is 1. The van der Waals surface area contributed by atoms with E-state index in [1.165, 1.54) is 0 Å². The highest BCUT2D eigenvalue weighted by Crippen LogP contribution is 2.37. The third kappa shape index (κ3) is 1.81. The zero-order valence-electron chi connectivity index (χ0n) is 9.03. The number of amides is 1. The first-order valence-electron chi connectivity index (χ1n) is 5.17. The molecular formula is C11H14BrN3O. The first-order valence-corrected chi connectivity index (χ1v) is 5.96. The van der Waals surface area contributed by atoms with Crippen LogP contribution in [0.4, 0.5) is 11.4 Å². The molecule has 1 heterocycles. The lowest BCUT2D eigenvalue weighted by molar-refractivity contribution is -0.117. The van der Waals surface area contributed by atoms with Crippen molar-refractivity contribution in [2.45, 2.75) is 12.5 Å². The second kappa shape index (κ2) is 4.43. The summed E-state index contributed by atoms with van der Waals surface area (Å²) >= 11 is 3.50. The Bertz CT molecular complexity index is 422. The van der Waals surface area contributed by atoms with Crippen molar-refractivity contribution < 1.29 is 4.79 Å². The molecule has 1 atom stereocenters. The molecular weight excluding hydrogens is 270 g/mol. The quantitative estimate of drug-likeness (QED) is 0.866. The van der Waals surface area contributed by atoms with Crippen LogP contribution in [0.2, 0.25) is 0 Å². The van der Waals surface area contributed by atoms with Gasteiger partial charge in [0.25, 0.3) is 0 Å². The van der Waals surface area contributed by atoms with Crippen molar-refractivity contribution >= 4 is 33.2 Å². The average Bonchev–Trinajstić information content (AvgIpc) is 2.24. The van der Waals surface area contributed by atoms with E-state index in [4.69, 9.17) is 5.73 Å². The van der Waals surface area contributed by atoms with Gasteiger partial charge in [0.2, 0.25) is 5.91 Å². The van der Waals surface area contributed by atoms with Crippen LogP contribution in [0.25, 0.3) is 0 Å². The van der Waals surface area contributed by atoms with Crippen molar-refractivity contribution in [1.82, 2.24) is 0 Å². The predicted molar refractivity (Wildman–Crippen MR) is 68.6 cm³/mol. The second-order valence-electron chi connectivity index (χ2n) is 3.83. The van der Waals surface area contributed by atoms with Crippen molar-refractivity contribution in [3.8, 4) is 0 Å². The van der Waals surface area contributed by atoms with Crippen LogP contribution < -0.4 is 16.0 Å². The third-order valence-corrected chi connectivity index (χ3v) is 3.45. The van der Waals surface area contributed by atoms with Gasteiger partial charge in [0.05, 0.1) is 11.4 Å². The number of likely N-dealkylation sites (N-methyl/N-ethyl adjacent to an activating group) is 1. The number of hydrogen-bond acceptors (Lipinski definition) is 3. The molecule has 0 spiro atoms. The molecule has 1 aliphatic heterocycles. The Balaban J connectivity index is 2.42. The minimum Gasteiger partial charge on any atom is -0.360 e. The van der Waals surface area contributed by atoms with Crippen LogP contribution in [-0.2, 0) is 4.79 Å². The van der Waals surface area contributed by atoms with Gasteiger partial charge in [-0.3, -0.25) is 4.79 Å². The monoisotopic (exact) mass is 283 g/mol. The van der Waals surface area contributed by atoms with Gasteiger partial charge in [0, 0.05) is 11.5 Å². The summed E-state index contributed by atoms with van der Waals surface area (Å²) in [5, 5.41) is 2.90. The highest BCUT2D eigenvalue weighted by Gasteiger charge is 2.30. The summed E-state index contributed by atoms with van der Waals surface area (Å²) in [5.74, 6) is 0.0125. The summed E-state index contributed by atoms with van der Waals surface area (Å²) < 4.78 is 0.981. The van der Waals surface area contributed by atoms with Crippen LogP contribution in [0.5, 0.6) is 0 Å². The molecule has 0 radical (unpaired) electrons. The summed E-state index contributed by atoms with van der Waals surface area (Å²) in [4.78, 5) is 13.8. The van der Waals surface area contributed by atoms with E-state index >= 15 is 0 Å². The third-order valence-electron chi connectivity index (χ3n) is 2.81. The number of para-hydroxylation sites is 1. The van der Waals surface area contributed by atoms with Gasteiger partial charge in [-0.25, -0.2) is 0 Å². The summed E-state index contributed by atoms with van der Waals surface area (Å²) in [5.41, 5.74) is 7.38. The van der Waals surface area contributed by atoms with Crippen molar-refractivity contribution in [1.29, 1.82) is 0 Å². The molecule has 0 saturated carbocycles. The maximum absolute atomic E-state index is 11.8. The van der Waals surface area contributed by atoms with Crippen LogP contribution in [-0.4, -0.2) is 25.5 Å². The minimum atomic E-state index is -0.184. The first-order chi connectivity index (χ1) is 7.65. The van der Waals surface area contributed by atoms with E-state index in [9.17, 15) is 4.79 Å². The summed E-state index contributed by atoms with van der Waals surface area (Å²) in [6.45, 7) is 0.502. The summed E-state index contributed by atoms with van der Waals surface area (Å²) in [6, 6.07) is 5.58. The van der Waals surface area contributed by atoms with Crippen molar-refractivity contribution in [3.05, 3.63) is 22.7 Å². The number of carbonyl (C=O) groups is 1. The molecule has 1 aliphatic rings. The Labute approximate surface area is 103 Å². The fourth-order valence-corrected chi connectivity index (χ4v) is 2.65. The van der Waals surface area contributed by atoms with Gasteiger partial charge in [-0.15, -0.1) is 0 Å². The fourth-order valence-electron chi connectivity index (χ4n) is 2.01. The normalized spacial score (nSPS) is 19.3. The van der Waals surface area contributed by atoms with Crippen LogP contribution in [0.15, 0.2) is 22.7 Å². The highest BCUT2D eigenvalue weighted by atomic mass is 79.9. The Kier molecular flexibility index (Phi) is 3.16. The van der Waals surface area contributed by atoms with Crippen LogP contribution in [0.3, 0.4) is 0 Å². The molecule has 2 rings (SSSR count). The zero-order valence-corrected chi connectivity index (χ0v) is 10.6. The molecule has 1 aromatic carbocycles. The number of halogens is 1. The number of hydrogen-bond donors (Lipinski definition) is 2. The van der Waals surface area contributed by atoms with E-state index in [0.717, 1.165) is 15.8 Å². The zero-order chi connectivity index (χ0) is 11.7. The smallest absolute Gasteiger partial charge is 0.247 e. The Morgan fingerprint density at radius 2 is 2.31 bits per heavy atom. The van der Waals surface area contributed by atoms with E-state index in [1.54, 1.807) is 0 Å². The molecule has 1 aromatic rings. The standard InChI is InChI=1S/C11H14BrN3O/c1-15-9(5-6-13)11(16)14-8-4-2-3-7(12)10(8)15/h2-4,9H,5-6,13H2,1H3,(H,14,16). The van der Waals surface area contributed by atoms with Crippen molar-refractivity contribution in [3.63, 3.8) is 0 Å². The Hall–Kier alpha value is -1.07. The SMILES string of the molecule is CN1c2c(Br)cccc2NC(=O)C1CCN. The molecule has 1 amide bonds. The molecule has 86 valence electrons. The van der Waals surface area contributed by atoms with E-state index in [0.29, 0.717) is 13.0 Å². The van der Waals surface area contributed by atoms with Crippen molar-refractivity contribution in [2.75, 3.05) is 23.8 Å². The molecule has 0 bridgehead atoms. The van der Waals surface area contributed by atoms with Gasteiger partial charge in [0.1, 0.15) is 6.04 Å². The van der Waals surface area contributed by atoms with Crippen LogP contribution in [0.1, 0.15) is 6.42 Å². The number of nitrogens with one attached hydrogen (secondary N) is 1. The number of benzene rings is 1.